The number of halogens is 1. The van der Waals surface area contributed by atoms with E-state index in [1.165, 1.54) is 13.8 Å². The van der Waals surface area contributed by atoms with E-state index in [0.29, 0.717) is 11.3 Å². The molecule has 1 unspecified atom stereocenters. The number of hydrogen-bond donors (Lipinski definition) is 0. The van der Waals surface area contributed by atoms with Gasteiger partial charge in [-0.25, -0.2) is 9.30 Å². The fourth-order valence-corrected chi connectivity index (χ4v) is 3.63. The lowest BCUT2D eigenvalue weighted by molar-refractivity contribution is -0.621. The largest absolute Gasteiger partial charge is 0.711 e. The molecule has 0 aliphatic carbocycles. The quantitative estimate of drug-likeness (QED) is 0.319. The van der Waals surface area contributed by atoms with Gasteiger partial charge in [0.25, 0.3) is 11.6 Å². The molecular weight excluding hydrogens is 416 g/mol. The highest BCUT2D eigenvalue weighted by Crippen LogP contribution is 2.37. The minimum atomic E-state index is -1.33. The summed E-state index contributed by atoms with van der Waals surface area (Å²) in [6.45, 7) is 6.51. The number of esters is 2. The summed E-state index contributed by atoms with van der Waals surface area (Å²) in [5.41, 5.74) is 1.90. The normalized spacial score (nSPS) is 18.1. The molecule has 27 heavy (non-hydrogen) atoms. The van der Waals surface area contributed by atoms with Crippen LogP contribution in [0.2, 0.25) is 0 Å². The second-order valence-electron chi connectivity index (χ2n) is 7.13. The molecule has 0 N–H and O–H groups in total. The number of benzene rings is 1. The maximum Gasteiger partial charge on any atom is 0.324 e. The molecule has 0 bridgehead atoms. The molecule has 1 aromatic carbocycles. The first kappa shape index (κ1) is 19.4. The first-order chi connectivity index (χ1) is 12.5. The van der Waals surface area contributed by atoms with Crippen LogP contribution in [0.4, 0.5) is 0 Å². The Bertz CT molecular complexity index is 872. The van der Waals surface area contributed by atoms with Crippen LogP contribution in [-0.2, 0) is 26.1 Å². The van der Waals surface area contributed by atoms with Crippen molar-refractivity contribution in [3.8, 4) is 0 Å². The lowest BCUT2D eigenvalue weighted by Gasteiger charge is -2.35. The third-order valence-corrected chi connectivity index (χ3v) is 5.45. The van der Waals surface area contributed by atoms with Gasteiger partial charge in [-0.05, 0) is 17.7 Å². The predicted molar refractivity (Wildman–Crippen MR) is 99.6 cm³/mol. The summed E-state index contributed by atoms with van der Waals surface area (Å²) in [6, 6.07) is 7.13. The highest BCUT2D eigenvalue weighted by atomic mass is 79.9. The lowest BCUT2D eigenvalue weighted by atomic mass is 9.84. The average Bonchev–Trinajstić information content (AvgIpc) is 2.75. The second kappa shape index (κ2) is 6.67. The van der Waals surface area contributed by atoms with Crippen molar-refractivity contribution in [2.45, 2.75) is 39.4 Å². The predicted octanol–water partition coefficient (Wildman–Crippen LogP) is 2.62. The Labute approximate surface area is 165 Å². The van der Waals surface area contributed by atoms with Gasteiger partial charge < -0.3 is 14.7 Å². The lowest BCUT2D eigenvalue weighted by Crippen LogP contribution is -2.50. The molecule has 144 valence electrons. The van der Waals surface area contributed by atoms with E-state index < -0.39 is 29.6 Å². The van der Waals surface area contributed by atoms with E-state index in [9.17, 15) is 14.8 Å². The Hall–Kier alpha value is -2.35. The topological polar surface area (TPSA) is 84.5 Å². The van der Waals surface area contributed by atoms with E-state index in [1.54, 1.807) is 42.8 Å². The molecule has 0 radical (unpaired) electrons. The smallest absolute Gasteiger partial charge is 0.324 e. The van der Waals surface area contributed by atoms with Crippen LogP contribution in [0.3, 0.4) is 0 Å². The van der Waals surface area contributed by atoms with Gasteiger partial charge in [-0.2, -0.15) is 0 Å². The number of carbonyl (C=O) groups is 2. The van der Waals surface area contributed by atoms with Gasteiger partial charge in [0.15, 0.2) is 5.92 Å². The monoisotopic (exact) mass is 436 g/mol. The third kappa shape index (κ3) is 3.34. The van der Waals surface area contributed by atoms with Crippen molar-refractivity contribution in [1.82, 2.24) is 4.57 Å². The summed E-state index contributed by atoms with van der Waals surface area (Å²) in [5.74, 6) is -4.58. The Morgan fingerprint density at radius 2 is 1.67 bits per heavy atom. The fraction of sp³-hybridized carbons (Fsp3) is 0.421. The second-order valence-corrected chi connectivity index (χ2v) is 8.05. The van der Waals surface area contributed by atoms with Gasteiger partial charge in [0.1, 0.15) is 17.3 Å². The third-order valence-electron chi connectivity index (χ3n) is 4.92. The van der Waals surface area contributed by atoms with E-state index >= 15 is 0 Å². The van der Waals surface area contributed by atoms with E-state index in [1.807, 2.05) is 6.92 Å². The minimum Gasteiger partial charge on any atom is -0.711 e. The molecular formula is C19H21BrN2O5. The van der Waals surface area contributed by atoms with E-state index in [2.05, 4.69) is 15.9 Å². The van der Waals surface area contributed by atoms with Crippen LogP contribution in [-0.4, -0.2) is 22.3 Å². The first-order valence-electron chi connectivity index (χ1n) is 8.50. The highest BCUT2D eigenvalue weighted by Gasteiger charge is 2.51. The summed E-state index contributed by atoms with van der Waals surface area (Å²) in [7, 11) is 1.74. The van der Waals surface area contributed by atoms with Crippen molar-refractivity contribution in [2.24, 2.45) is 13.0 Å². The summed E-state index contributed by atoms with van der Waals surface area (Å²) < 4.78 is 13.9. The summed E-state index contributed by atoms with van der Waals surface area (Å²) >= 11 is 3.37. The molecule has 8 heteroatoms. The SMILES string of the molecule is Cc1c(C)[n+]([O-])c(C(c2ccc(Br)cc2)C2C(=O)OC(C)(C)OC2=O)n1C. The van der Waals surface area contributed by atoms with Crippen LogP contribution in [0.25, 0.3) is 0 Å². The van der Waals surface area contributed by atoms with Crippen molar-refractivity contribution in [3.63, 3.8) is 0 Å². The van der Waals surface area contributed by atoms with Gasteiger partial charge in [-0.15, -0.1) is 0 Å². The van der Waals surface area contributed by atoms with Crippen molar-refractivity contribution in [1.29, 1.82) is 0 Å². The molecule has 2 aromatic rings. The summed E-state index contributed by atoms with van der Waals surface area (Å²) in [5, 5.41) is 12.9. The Morgan fingerprint density at radius 1 is 1.15 bits per heavy atom. The maximum absolute atomic E-state index is 12.9. The van der Waals surface area contributed by atoms with Crippen molar-refractivity contribution in [3.05, 3.63) is 56.7 Å². The Balaban J connectivity index is 2.21. The van der Waals surface area contributed by atoms with Gasteiger partial charge in [-0.1, -0.05) is 28.1 Å². The Morgan fingerprint density at radius 3 is 2.11 bits per heavy atom. The molecule has 1 aromatic heterocycles. The minimum absolute atomic E-state index is 0.283. The Kier molecular flexibility index (Phi) is 4.80. The fourth-order valence-electron chi connectivity index (χ4n) is 3.37. The molecule has 0 spiro atoms. The van der Waals surface area contributed by atoms with Crippen LogP contribution >= 0.6 is 15.9 Å². The molecule has 2 heterocycles. The zero-order valence-electron chi connectivity index (χ0n) is 15.8. The van der Waals surface area contributed by atoms with Crippen molar-refractivity contribution < 1.29 is 23.8 Å². The van der Waals surface area contributed by atoms with E-state index in [4.69, 9.17) is 9.47 Å². The number of aromatic nitrogens is 2. The van der Waals surface area contributed by atoms with E-state index in [-0.39, 0.29) is 5.82 Å². The molecule has 0 amide bonds. The van der Waals surface area contributed by atoms with Crippen molar-refractivity contribution in [2.75, 3.05) is 0 Å². The van der Waals surface area contributed by atoms with Gasteiger partial charge in [-0.3, -0.25) is 9.59 Å². The molecule has 1 fully saturated rings. The van der Waals surface area contributed by atoms with Crippen LogP contribution in [0.1, 0.15) is 42.5 Å². The molecule has 1 aliphatic rings. The zero-order chi connectivity index (χ0) is 20.1. The van der Waals surface area contributed by atoms with Crippen LogP contribution < -0.4 is 4.73 Å². The van der Waals surface area contributed by atoms with Gasteiger partial charge >= 0.3 is 11.9 Å². The molecule has 1 aliphatic heterocycles. The van der Waals surface area contributed by atoms with E-state index in [0.717, 1.165) is 14.9 Å². The molecule has 0 saturated carbocycles. The van der Waals surface area contributed by atoms with Crippen LogP contribution in [0.15, 0.2) is 28.7 Å². The summed E-state index contributed by atoms with van der Waals surface area (Å²) in [4.78, 5) is 25.5. The number of rotatable bonds is 3. The average molecular weight is 437 g/mol. The van der Waals surface area contributed by atoms with Gasteiger partial charge in [0.05, 0.1) is 7.05 Å². The molecule has 1 atom stereocenters. The maximum atomic E-state index is 12.9. The van der Waals surface area contributed by atoms with Gasteiger partial charge in [0, 0.05) is 32.2 Å². The molecule has 3 rings (SSSR count). The van der Waals surface area contributed by atoms with Crippen molar-refractivity contribution >= 4 is 27.9 Å². The van der Waals surface area contributed by atoms with Crippen LogP contribution in [0.5, 0.6) is 0 Å². The standard InChI is InChI=1S/C19H21BrN2O5/c1-10-11(2)22(25)16(21(10)5)14(12-6-8-13(20)9-7-12)15-17(23)26-19(3,4)27-18(15)24/h6-9,14-15H,1-5H3. The number of imidazole rings is 1. The number of cyclic esters (lactones) is 2. The molecule has 1 saturated heterocycles. The summed E-state index contributed by atoms with van der Waals surface area (Å²) in [6.07, 6.45) is 0. The zero-order valence-corrected chi connectivity index (χ0v) is 17.4. The number of ether oxygens (including phenoxy) is 2. The highest BCUT2D eigenvalue weighted by molar-refractivity contribution is 9.10. The first-order valence-corrected chi connectivity index (χ1v) is 9.29. The molecule has 7 nitrogen and oxygen atoms in total. The van der Waals surface area contributed by atoms with Gasteiger partial charge in [0.2, 0.25) is 0 Å². The number of nitrogens with zero attached hydrogens (tertiary/aromatic N) is 2. The number of hydrogen-bond acceptors (Lipinski definition) is 5. The number of carbonyl (C=O) groups excluding carboxylic acids is 2. The van der Waals surface area contributed by atoms with Crippen LogP contribution in [0, 0.1) is 25.0 Å².